The van der Waals surface area contributed by atoms with E-state index in [1.165, 1.54) is 17.9 Å². The van der Waals surface area contributed by atoms with E-state index in [4.69, 9.17) is 18.9 Å². The molecule has 0 fully saturated rings. The Labute approximate surface area is 165 Å². The van der Waals surface area contributed by atoms with Crippen LogP contribution in [0.25, 0.3) is 5.57 Å². The van der Waals surface area contributed by atoms with Crippen LogP contribution in [0.4, 0.5) is 0 Å². The second-order valence-electron chi connectivity index (χ2n) is 6.26. The Hall–Kier alpha value is -3.39. The zero-order valence-electron chi connectivity index (χ0n) is 16.1. The van der Waals surface area contributed by atoms with Crippen molar-refractivity contribution in [3.8, 4) is 17.6 Å². The van der Waals surface area contributed by atoms with Crippen LogP contribution in [0.2, 0.25) is 0 Å². The van der Waals surface area contributed by atoms with Gasteiger partial charge in [0.2, 0.25) is 0 Å². The van der Waals surface area contributed by atoms with Crippen LogP contribution in [0.3, 0.4) is 0 Å². The van der Waals surface area contributed by atoms with Gasteiger partial charge >= 0.3 is 0 Å². The minimum Gasteiger partial charge on any atom is -0.493 e. The van der Waals surface area contributed by atoms with Crippen molar-refractivity contribution in [1.29, 1.82) is 5.26 Å². The third-order valence-electron chi connectivity index (χ3n) is 4.37. The molecule has 3 rings (SSSR count). The highest BCUT2D eigenvalue weighted by Crippen LogP contribution is 2.36. The number of nitriles is 1. The minimum atomic E-state index is 0.485. The van der Waals surface area contributed by atoms with E-state index in [9.17, 15) is 5.26 Å². The van der Waals surface area contributed by atoms with Crippen molar-refractivity contribution >= 4 is 5.57 Å². The van der Waals surface area contributed by atoms with E-state index < -0.39 is 0 Å². The second-order valence-corrected chi connectivity index (χ2v) is 6.26. The van der Waals surface area contributed by atoms with E-state index in [-0.39, 0.29) is 0 Å². The first-order valence-electron chi connectivity index (χ1n) is 9.23. The molecule has 0 unspecified atom stereocenters. The van der Waals surface area contributed by atoms with E-state index in [0.717, 1.165) is 18.4 Å². The number of ether oxygens (including phenoxy) is 4. The van der Waals surface area contributed by atoms with E-state index in [2.05, 4.69) is 24.3 Å². The summed E-state index contributed by atoms with van der Waals surface area (Å²) in [5.74, 6) is 2.44. The highest BCUT2D eigenvalue weighted by Gasteiger charge is 2.19. The first-order chi connectivity index (χ1) is 13.7. The highest BCUT2D eigenvalue weighted by atomic mass is 16.5. The van der Waals surface area contributed by atoms with Crippen molar-refractivity contribution < 1.29 is 18.9 Å². The van der Waals surface area contributed by atoms with Gasteiger partial charge < -0.3 is 18.9 Å². The Bertz CT molecular complexity index is 913. The number of benzene rings is 1. The normalized spacial score (nSPS) is 16.0. The number of hydrogen-bond donors (Lipinski definition) is 0. The van der Waals surface area contributed by atoms with Gasteiger partial charge in [-0.1, -0.05) is 29.9 Å². The zero-order chi connectivity index (χ0) is 19.8. The van der Waals surface area contributed by atoms with Gasteiger partial charge in [0, 0.05) is 18.1 Å². The Morgan fingerprint density at radius 1 is 1.29 bits per heavy atom. The Morgan fingerprint density at radius 3 is 2.89 bits per heavy atom. The van der Waals surface area contributed by atoms with Crippen LogP contribution in [-0.2, 0) is 9.47 Å². The van der Waals surface area contributed by atoms with Crippen LogP contribution in [0.1, 0.15) is 31.7 Å². The molecule has 5 nitrogen and oxygen atoms in total. The van der Waals surface area contributed by atoms with Crippen molar-refractivity contribution in [2.75, 3.05) is 13.7 Å². The molecule has 1 heterocycles. The summed E-state index contributed by atoms with van der Waals surface area (Å²) >= 11 is 0. The van der Waals surface area contributed by atoms with Crippen molar-refractivity contribution in [1.82, 2.24) is 0 Å². The lowest BCUT2D eigenvalue weighted by Gasteiger charge is -2.20. The Kier molecular flexibility index (Phi) is 6.59. The van der Waals surface area contributed by atoms with E-state index in [1.54, 1.807) is 13.4 Å². The number of nitrogens with zero attached hydrogens (tertiary/aromatic N) is 1. The molecular formula is C23H23NO4. The summed E-state index contributed by atoms with van der Waals surface area (Å²) < 4.78 is 22.6. The van der Waals surface area contributed by atoms with Gasteiger partial charge in [0.05, 0.1) is 19.8 Å². The molecule has 0 saturated heterocycles. The van der Waals surface area contributed by atoms with Crippen LogP contribution in [0, 0.1) is 11.3 Å². The molecule has 0 atom stereocenters. The van der Waals surface area contributed by atoms with Crippen LogP contribution in [0.5, 0.6) is 11.5 Å². The molecule has 0 radical (unpaired) electrons. The summed E-state index contributed by atoms with van der Waals surface area (Å²) in [6.45, 7) is 2.42. The minimum absolute atomic E-state index is 0.485. The van der Waals surface area contributed by atoms with Crippen molar-refractivity contribution in [3.63, 3.8) is 0 Å². The summed E-state index contributed by atoms with van der Waals surface area (Å²) in [7, 11) is 1.59. The molecule has 0 N–H and O–H groups in total. The van der Waals surface area contributed by atoms with Gasteiger partial charge in [-0.05, 0) is 37.5 Å². The van der Waals surface area contributed by atoms with E-state index in [1.807, 2.05) is 25.1 Å². The van der Waals surface area contributed by atoms with Gasteiger partial charge in [0.1, 0.15) is 18.3 Å². The maximum absolute atomic E-state index is 9.29. The largest absolute Gasteiger partial charge is 0.493 e. The lowest BCUT2D eigenvalue weighted by molar-refractivity contribution is 0.231. The fraction of sp³-hybridized carbons (Fsp3) is 0.261. The van der Waals surface area contributed by atoms with E-state index in [0.29, 0.717) is 41.6 Å². The molecule has 0 saturated carbocycles. The number of rotatable bonds is 7. The zero-order valence-corrected chi connectivity index (χ0v) is 16.1. The summed E-state index contributed by atoms with van der Waals surface area (Å²) in [5.41, 5.74) is 2.68. The molecule has 1 aromatic rings. The van der Waals surface area contributed by atoms with E-state index >= 15 is 0 Å². The predicted molar refractivity (Wildman–Crippen MR) is 107 cm³/mol. The summed E-state index contributed by atoms with van der Waals surface area (Å²) in [4.78, 5) is 0. The molecule has 0 amide bonds. The van der Waals surface area contributed by atoms with Crippen LogP contribution in [-0.4, -0.2) is 13.7 Å². The molecule has 28 heavy (non-hydrogen) atoms. The molecule has 0 spiro atoms. The average molecular weight is 377 g/mol. The van der Waals surface area contributed by atoms with Crippen molar-refractivity contribution in [2.24, 2.45) is 0 Å². The van der Waals surface area contributed by atoms with Crippen molar-refractivity contribution in [3.05, 3.63) is 77.7 Å². The molecule has 5 heteroatoms. The van der Waals surface area contributed by atoms with Crippen molar-refractivity contribution in [2.45, 2.75) is 26.2 Å². The molecule has 1 aliphatic carbocycles. The first kappa shape index (κ1) is 19.4. The van der Waals surface area contributed by atoms with Crippen LogP contribution < -0.4 is 9.47 Å². The van der Waals surface area contributed by atoms with Crippen LogP contribution in [0.15, 0.2) is 72.1 Å². The van der Waals surface area contributed by atoms with Gasteiger partial charge in [-0.2, -0.15) is 5.26 Å². The second kappa shape index (κ2) is 9.52. The molecule has 1 aliphatic heterocycles. The number of methoxy groups -OCH3 is 1. The molecular weight excluding hydrogens is 354 g/mol. The number of allylic oxidation sites excluding steroid dienone is 6. The van der Waals surface area contributed by atoms with Gasteiger partial charge in [0.25, 0.3) is 0 Å². The Balaban J connectivity index is 1.83. The molecule has 0 aromatic heterocycles. The first-order valence-corrected chi connectivity index (χ1v) is 9.23. The third kappa shape index (κ3) is 4.66. The number of hydrogen-bond acceptors (Lipinski definition) is 5. The monoisotopic (exact) mass is 377 g/mol. The topological polar surface area (TPSA) is 60.7 Å². The molecule has 144 valence electrons. The highest BCUT2D eigenvalue weighted by molar-refractivity contribution is 5.80. The smallest absolute Gasteiger partial charge is 0.170 e. The average Bonchev–Trinajstić information content (AvgIpc) is 2.73. The molecule has 2 aliphatic rings. The lowest BCUT2D eigenvalue weighted by Crippen LogP contribution is -2.04. The van der Waals surface area contributed by atoms with Gasteiger partial charge in [-0.15, -0.1) is 0 Å². The quantitative estimate of drug-likeness (QED) is 0.596. The molecule has 0 bridgehead atoms. The Morgan fingerprint density at radius 2 is 2.18 bits per heavy atom. The maximum Gasteiger partial charge on any atom is 0.170 e. The maximum atomic E-state index is 9.29. The third-order valence-corrected chi connectivity index (χ3v) is 4.37. The van der Waals surface area contributed by atoms with Gasteiger partial charge in [0.15, 0.2) is 17.3 Å². The summed E-state index contributed by atoms with van der Waals surface area (Å²) in [5, 5.41) is 9.29. The van der Waals surface area contributed by atoms with Gasteiger partial charge in [-0.25, -0.2) is 0 Å². The van der Waals surface area contributed by atoms with Crippen LogP contribution >= 0.6 is 0 Å². The predicted octanol–water partition coefficient (Wildman–Crippen LogP) is 5.40. The standard InChI is InChI=1S/C23H23NO4/c1-3-27-22-14-18(9-10-21(22)25-2)20(11-12-24)23-16-26-15-19(28-23)13-17-7-5-4-6-8-17/h4-5,7,9-11,14-16H,3,6,8,13H2,1-2H3. The summed E-state index contributed by atoms with van der Waals surface area (Å²) in [6, 6.07) is 7.60. The van der Waals surface area contributed by atoms with Gasteiger partial charge in [-0.3, -0.25) is 0 Å². The SMILES string of the molecule is CCOc1cc(C(=CC#N)C2=COC=C(CC3=CC=CCC3)O2)ccc1OC. The molecule has 1 aromatic carbocycles. The lowest BCUT2D eigenvalue weighted by atomic mass is 10.0. The fourth-order valence-corrected chi connectivity index (χ4v) is 3.05. The fourth-order valence-electron chi connectivity index (χ4n) is 3.05. The summed E-state index contributed by atoms with van der Waals surface area (Å²) in [6.07, 6.45) is 13.6.